The van der Waals surface area contributed by atoms with Gasteiger partial charge in [-0.05, 0) is 44.1 Å². The molecule has 2 aliphatic rings. The molecule has 0 bridgehead atoms. The van der Waals surface area contributed by atoms with E-state index >= 15 is 0 Å². The molecule has 0 spiro atoms. The Morgan fingerprint density at radius 2 is 2.00 bits per heavy atom. The first-order valence-electron chi connectivity index (χ1n) is 7.21. The van der Waals surface area contributed by atoms with Crippen molar-refractivity contribution in [2.24, 2.45) is 17.8 Å². The summed E-state index contributed by atoms with van der Waals surface area (Å²) in [6, 6.07) is 0. The number of aliphatic hydroxyl groups is 1. The van der Waals surface area contributed by atoms with E-state index in [4.69, 9.17) is 0 Å². The first kappa shape index (κ1) is 13.8. The summed E-state index contributed by atoms with van der Waals surface area (Å²) in [6.45, 7) is 6.43. The third-order valence-electron chi connectivity index (χ3n) is 4.65. The van der Waals surface area contributed by atoms with E-state index in [-0.39, 0.29) is 11.8 Å². The normalized spacial score (nSPS) is 40.7. The molecule has 1 amide bonds. The minimum absolute atomic E-state index is 0.0658. The molecule has 1 aliphatic carbocycles. The highest BCUT2D eigenvalue weighted by Gasteiger charge is 2.34. The predicted octanol–water partition coefficient (Wildman–Crippen LogP) is 0.899. The van der Waals surface area contributed by atoms with Crippen molar-refractivity contribution in [1.82, 2.24) is 10.6 Å². The largest absolute Gasteiger partial charge is 0.388 e. The molecule has 4 heteroatoms. The molecule has 1 heterocycles. The summed E-state index contributed by atoms with van der Waals surface area (Å²) in [5.74, 6) is 1.27. The quantitative estimate of drug-likeness (QED) is 0.701. The van der Waals surface area contributed by atoms with Crippen LogP contribution in [0.15, 0.2) is 0 Å². The zero-order valence-electron chi connectivity index (χ0n) is 11.5. The van der Waals surface area contributed by atoms with Crippen LogP contribution in [0, 0.1) is 17.8 Å². The molecule has 18 heavy (non-hydrogen) atoms. The standard InChI is InChI=1S/C14H26N2O2/c1-10-3-5-14(18,6-4-10)9-16-13(17)12-8-15-7-11(12)2/h10-12,15,18H,3-9H2,1-2H3,(H,16,17). The second-order valence-electron chi connectivity index (χ2n) is 6.37. The van der Waals surface area contributed by atoms with Crippen molar-refractivity contribution in [3.8, 4) is 0 Å². The SMILES string of the molecule is CC1CCC(O)(CNC(=O)C2CNCC2C)CC1. The zero-order chi connectivity index (χ0) is 13.2. The van der Waals surface area contributed by atoms with Crippen molar-refractivity contribution in [2.45, 2.75) is 45.1 Å². The van der Waals surface area contributed by atoms with Crippen molar-refractivity contribution in [3.05, 3.63) is 0 Å². The lowest BCUT2D eigenvalue weighted by Gasteiger charge is -2.35. The molecular formula is C14H26N2O2. The number of carbonyl (C=O) groups is 1. The van der Waals surface area contributed by atoms with Crippen LogP contribution in [0.2, 0.25) is 0 Å². The van der Waals surface area contributed by atoms with Crippen LogP contribution in [0.5, 0.6) is 0 Å². The van der Waals surface area contributed by atoms with Gasteiger partial charge in [0.25, 0.3) is 0 Å². The van der Waals surface area contributed by atoms with Crippen LogP contribution in [0.25, 0.3) is 0 Å². The van der Waals surface area contributed by atoms with Gasteiger partial charge in [-0.25, -0.2) is 0 Å². The van der Waals surface area contributed by atoms with E-state index in [2.05, 4.69) is 24.5 Å². The third-order valence-corrected chi connectivity index (χ3v) is 4.65. The van der Waals surface area contributed by atoms with Gasteiger partial charge in [-0.15, -0.1) is 0 Å². The number of hydrogen-bond donors (Lipinski definition) is 3. The van der Waals surface area contributed by atoms with Crippen LogP contribution in [-0.2, 0) is 4.79 Å². The molecule has 2 rings (SSSR count). The molecular weight excluding hydrogens is 228 g/mol. The Labute approximate surface area is 110 Å². The second-order valence-corrected chi connectivity index (χ2v) is 6.37. The van der Waals surface area contributed by atoms with Crippen LogP contribution >= 0.6 is 0 Å². The van der Waals surface area contributed by atoms with Crippen molar-refractivity contribution in [3.63, 3.8) is 0 Å². The molecule has 1 aliphatic heterocycles. The van der Waals surface area contributed by atoms with Gasteiger partial charge in [0.1, 0.15) is 0 Å². The molecule has 2 fully saturated rings. The maximum Gasteiger partial charge on any atom is 0.224 e. The molecule has 3 N–H and O–H groups in total. The first-order valence-corrected chi connectivity index (χ1v) is 7.21. The minimum atomic E-state index is -0.669. The maximum atomic E-state index is 12.0. The Morgan fingerprint density at radius 1 is 1.33 bits per heavy atom. The lowest BCUT2D eigenvalue weighted by Crippen LogP contribution is -2.47. The average Bonchev–Trinajstić information content (AvgIpc) is 2.77. The van der Waals surface area contributed by atoms with Crippen molar-refractivity contribution >= 4 is 5.91 Å². The van der Waals surface area contributed by atoms with E-state index < -0.39 is 5.60 Å². The van der Waals surface area contributed by atoms with E-state index in [9.17, 15) is 9.90 Å². The highest BCUT2D eigenvalue weighted by atomic mass is 16.3. The van der Waals surface area contributed by atoms with Gasteiger partial charge in [-0.2, -0.15) is 0 Å². The summed E-state index contributed by atoms with van der Waals surface area (Å²) in [5.41, 5.74) is -0.669. The lowest BCUT2D eigenvalue weighted by atomic mass is 9.79. The Balaban J connectivity index is 1.78. The lowest BCUT2D eigenvalue weighted by molar-refractivity contribution is -0.127. The van der Waals surface area contributed by atoms with Gasteiger partial charge in [0.05, 0.1) is 11.5 Å². The maximum absolute atomic E-state index is 12.0. The molecule has 4 nitrogen and oxygen atoms in total. The Hall–Kier alpha value is -0.610. The molecule has 0 aromatic carbocycles. The van der Waals surface area contributed by atoms with E-state index in [1.807, 2.05) is 0 Å². The predicted molar refractivity (Wildman–Crippen MR) is 71.1 cm³/mol. The summed E-state index contributed by atoms with van der Waals surface area (Å²) in [6.07, 6.45) is 3.75. The fourth-order valence-corrected chi connectivity index (χ4v) is 3.02. The first-order chi connectivity index (χ1) is 8.50. The topological polar surface area (TPSA) is 61.4 Å². The molecule has 0 radical (unpaired) electrons. The van der Waals surface area contributed by atoms with Gasteiger partial charge < -0.3 is 15.7 Å². The summed E-state index contributed by atoms with van der Waals surface area (Å²) < 4.78 is 0. The highest BCUT2D eigenvalue weighted by Crippen LogP contribution is 2.31. The van der Waals surface area contributed by atoms with Crippen LogP contribution < -0.4 is 10.6 Å². The molecule has 1 saturated carbocycles. The fourth-order valence-electron chi connectivity index (χ4n) is 3.02. The Bertz CT molecular complexity index is 298. The Morgan fingerprint density at radius 3 is 2.56 bits per heavy atom. The fraction of sp³-hybridized carbons (Fsp3) is 0.929. The number of hydrogen-bond acceptors (Lipinski definition) is 3. The molecule has 0 aromatic heterocycles. The summed E-state index contributed by atoms with van der Waals surface area (Å²) >= 11 is 0. The van der Waals surface area contributed by atoms with Crippen molar-refractivity contribution in [1.29, 1.82) is 0 Å². The smallest absolute Gasteiger partial charge is 0.224 e. The van der Waals surface area contributed by atoms with E-state index in [0.29, 0.717) is 18.4 Å². The van der Waals surface area contributed by atoms with Crippen LogP contribution in [0.3, 0.4) is 0 Å². The number of nitrogens with one attached hydrogen (secondary N) is 2. The van der Waals surface area contributed by atoms with Crippen LogP contribution in [0.1, 0.15) is 39.5 Å². The van der Waals surface area contributed by atoms with Gasteiger partial charge in [0.2, 0.25) is 5.91 Å². The molecule has 2 unspecified atom stereocenters. The van der Waals surface area contributed by atoms with Gasteiger partial charge in [0.15, 0.2) is 0 Å². The molecule has 0 aromatic rings. The summed E-state index contributed by atoms with van der Waals surface area (Å²) in [5, 5.41) is 16.6. The second kappa shape index (κ2) is 5.57. The minimum Gasteiger partial charge on any atom is -0.388 e. The monoisotopic (exact) mass is 254 g/mol. The van der Waals surface area contributed by atoms with E-state index in [1.54, 1.807) is 0 Å². The summed E-state index contributed by atoms with van der Waals surface area (Å²) in [4.78, 5) is 12.0. The van der Waals surface area contributed by atoms with E-state index in [1.165, 1.54) is 0 Å². The molecule has 1 saturated heterocycles. The van der Waals surface area contributed by atoms with Crippen molar-refractivity contribution in [2.75, 3.05) is 19.6 Å². The van der Waals surface area contributed by atoms with E-state index in [0.717, 1.165) is 38.8 Å². The number of amides is 1. The molecule has 104 valence electrons. The summed E-state index contributed by atoms with van der Waals surface area (Å²) in [7, 11) is 0. The third kappa shape index (κ3) is 3.23. The van der Waals surface area contributed by atoms with Gasteiger partial charge in [0, 0.05) is 13.1 Å². The zero-order valence-corrected chi connectivity index (χ0v) is 11.5. The van der Waals surface area contributed by atoms with Crippen molar-refractivity contribution < 1.29 is 9.90 Å². The van der Waals surface area contributed by atoms with Gasteiger partial charge >= 0.3 is 0 Å². The highest BCUT2D eigenvalue weighted by molar-refractivity contribution is 5.79. The molecule has 2 atom stereocenters. The Kier molecular flexibility index (Phi) is 4.28. The average molecular weight is 254 g/mol. The van der Waals surface area contributed by atoms with Gasteiger partial charge in [-0.3, -0.25) is 4.79 Å². The number of rotatable bonds is 3. The van der Waals surface area contributed by atoms with Crippen LogP contribution in [0.4, 0.5) is 0 Å². The van der Waals surface area contributed by atoms with Gasteiger partial charge in [-0.1, -0.05) is 13.8 Å². The number of carbonyl (C=O) groups excluding carboxylic acids is 1. The van der Waals surface area contributed by atoms with Crippen LogP contribution in [-0.4, -0.2) is 36.2 Å².